The molecule has 1 aromatic heterocycles. The lowest BCUT2D eigenvalue weighted by molar-refractivity contribution is 1.00. The summed E-state index contributed by atoms with van der Waals surface area (Å²) in [4.78, 5) is 7.61. The molecule has 13 heavy (non-hydrogen) atoms. The van der Waals surface area contributed by atoms with Crippen LogP contribution in [-0.2, 0) is 6.42 Å². The van der Waals surface area contributed by atoms with Crippen molar-refractivity contribution >= 4 is 35.8 Å². The minimum Gasteiger partial charge on any atom is -0.342 e. The maximum Gasteiger partial charge on any atom is 0.106 e. The topological polar surface area (TPSA) is 28.7 Å². The van der Waals surface area contributed by atoms with Crippen molar-refractivity contribution in [3.05, 3.63) is 30.1 Å². The number of hydrogen-bond acceptors (Lipinski definition) is 1. The Morgan fingerprint density at radius 3 is 2.54 bits per heavy atom. The highest BCUT2D eigenvalue weighted by Crippen LogP contribution is 2.09. The van der Waals surface area contributed by atoms with Crippen LogP contribution in [0.3, 0.4) is 0 Å². The van der Waals surface area contributed by atoms with Crippen LogP contribution in [0.5, 0.6) is 0 Å². The second kappa shape index (κ2) is 5.10. The average molecular weight is 219 g/mol. The minimum absolute atomic E-state index is 0. The Balaban J connectivity index is 0.000000720. The molecule has 0 spiro atoms. The van der Waals surface area contributed by atoms with Gasteiger partial charge in [0.1, 0.15) is 5.82 Å². The van der Waals surface area contributed by atoms with Crippen molar-refractivity contribution in [2.45, 2.75) is 13.3 Å². The van der Waals surface area contributed by atoms with Crippen LogP contribution < -0.4 is 0 Å². The molecule has 0 unspecified atom stereocenters. The summed E-state index contributed by atoms with van der Waals surface area (Å²) in [5.74, 6) is 1.06. The molecule has 0 fully saturated rings. The number of imidazole rings is 1. The van der Waals surface area contributed by atoms with Gasteiger partial charge in [-0.05, 0) is 12.1 Å². The van der Waals surface area contributed by atoms with E-state index in [-0.39, 0.29) is 24.8 Å². The Morgan fingerprint density at radius 2 is 1.92 bits per heavy atom. The molecule has 0 radical (unpaired) electrons. The highest BCUT2D eigenvalue weighted by Gasteiger charge is 1.97. The van der Waals surface area contributed by atoms with Gasteiger partial charge in [0.25, 0.3) is 0 Å². The number of aryl methyl sites for hydroxylation is 1. The van der Waals surface area contributed by atoms with Gasteiger partial charge in [-0.25, -0.2) is 4.98 Å². The van der Waals surface area contributed by atoms with Crippen molar-refractivity contribution < 1.29 is 0 Å². The summed E-state index contributed by atoms with van der Waals surface area (Å²) in [5, 5.41) is 0. The van der Waals surface area contributed by atoms with Gasteiger partial charge in [-0.1, -0.05) is 19.1 Å². The lowest BCUT2D eigenvalue weighted by Crippen LogP contribution is -1.79. The molecule has 72 valence electrons. The monoisotopic (exact) mass is 218 g/mol. The average Bonchev–Trinajstić information content (AvgIpc) is 2.46. The number of H-pyrrole nitrogens is 1. The van der Waals surface area contributed by atoms with Gasteiger partial charge in [0.2, 0.25) is 0 Å². The Labute approximate surface area is 89.6 Å². The molecule has 2 aromatic rings. The third-order valence-corrected chi connectivity index (χ3v) is 1.77. The van der Waals surface area contributed by atoms with Gasteiger partial charge in [0.05, 0.1) is 11.0 Å². The number of benzene rings is 1. The van der Waals surface area contributed by atoms with E-state index >= 15 is 0 Å². The van der Waals surface area contributed by atoms with Crippen molar-refractivity contribution in [2.75, 3.05) is 0 Å². The van der Waals surface area contributed by atoms with Gasteiger partial charge in [0, 0.05) is 6.42 Å². The molecule has 4 heteroatoms. The molecule has 2 nitrogen and oxygen atoms in total. The number of hydrogen-bond donors (Lipinski definition) is 1. The van der Waals surface area contributed by atoms with Crippen LogP contribution in [0.2, 0.25) is 0 Å². The zero-order chi connectivity index (χ0) is 7.68. The first-order chi connectivity index (χ1) is 5.40. The fraction of sp³-hybridized carbons (Fsp3) is 0.222. The molecule has 0 atom stereocenters. The predicted octanol–water partition coefficient (Wildman–Crippen LogP) is 2.97. The fourth-order valence-electron chi connectivity index (χ4n) is 1.17. The Hall–Kier alpha value is -0.730. The number of nitrogens with one attached hydrogen (secondary N) is 1. The standard InChI is InChI=1S/C9H10N2.2ClH/c1-2-9-10-7-5-3-4-6-8(7)11-9;;/h3-6H,2H2,1H3,(H,10,11);2*1H. The lowest BCUT2D eigenvalue weighted by atomic mass is 10.3. The number of fused-ring (bicyclic) bond motifs is 1. The molecule has 2 rings (SSSR count). The van der Waals surface area contributed by atoms with Crippen molar-refractivity contribution in [1.29, 1.82) is 0 Å². The second-order valence-electron chi connectivity index (χ2n) is 2.55. The Kier molecular flexibility index (Phi) is 4.81. The van der Waals surface area contributed by atoms with Crippen LogP contribution in [0.4, 0.5) is 0 Å². The van der Waals surface area contributed by atoms with E-state index in [4.69, 9.17) is 0 Å². The van der Waals surface area contributed by atoms with Crippen LogP contribution in [0.25, 0.3) is 11.0 Å². The van der Waals surface area contributed by atoms with Crippen molar-refractivity contribution in [3.63, 3.8) is 0 Å². The summed E-state index contributed by atoms with van der Waals surface area (Å²) < 4.78 is 0. The fourth-order valence-corrected chi connectivity index (χ4v) is 1.17. The summed E-state index contributed by atoms with van der Waals surface area (Å²) >= 11 is 0. The zero-order valence-electron chi connectivity index (χ0n) is 7.28. The second-order valence-corrected chi connectivity index (χ2v) is 2.55. The molecule has 0 aliphatic carbocycles. The Morgan fingerprint density at radius 1 is 1.23 bits per heavy atom. The first-order valence-electron chi connectivity index (χ1n) is 3.84. The van der Waals surface area contributed by atoms with Crippen molar-refractivity contribution in [2.24, 2.45) is 0 Å². The van der Waals surface area contributed by atoms with Gasteiger partial charge in [-0.15, -0.1) is 24.8 Å². The number of aromatic nitrogens is 2. The molecule has 1 N–H and O–H groups in total. The van der Waals surface area contributed by atoms with Crippen LogP contribution in [0.15, 0.2) is 24.3 Å². The molecule has 0 amide bonds. The van der Waals surface area contributed by atoms with Gasteiger partial charge < -0.3 is 4.98 Å². The normalized spacial score (nSPS) is 9.00. The quantitative estimate of drug-likeness (QED) is 0.784. The van der Waals surface area contributed by atoms with Gasteiger partial charge in [-0.2, -0.15) is 0 Å². The van der Waals surface area contributed by atoms with E-state index in [2.05, 4.69) is 16.9 Å². The van der Waals surface area contributed by atoms with Crippen LogP contribution in [-0.4, -0.2) is 9.97 Å². The summed E-state index contributed by atoms with van der Waals surface area (Å²) in [6, 6.07) is 8.08. The molecule has 0 aliphatic rings. The third-order valence-electron chi connectivity index (χ3n) is 1.77. The molecular formula is C9H12Cl2N2. The number of rotatable bonds is 1. The molecule has 1 heterocycles. The van der Waals surface area contributed by atoms with E-state index < -0.39 is 0 Å². The largest absolute Gasteiger partial charge is 0.342 e. The molecule has 0 saturated heterocycles. The van der Waals surface area contributed by atoms with Crippen LogP contribution in [0.1, 0.15) is 12.7 Å². The third kappa shape index (κ3) is 2.36. The number of aromatic amines is 1. The first-order valence-corrected chi connectivity index (χ1v) is 3.84. The predicted molar refractivity (Wildman–Crippen MR) is 60.0 cm³/mol. The minimum atomic E-state index is 0. The smallest absolute Gasteiger partial charge is 0.106 e. The van der Waals surface area contributed by atoms with E-state index in [0.29, 0.717) is 0 Å². The highest BCUT2D eigenvalue weighted by atomic mass is 35.5. The van der Waals surface area contributed by atoms with Crippen molar-refractivity contribution in [3.8, 4) is 0 Å². The van der Waals surface area contributed by atoms with Gasteiger partial charge in [-0.3, -0.25) is 0 Å². The molecular weight excluding hydrogens is 207 g/mol. The summed E-state index contributed by atoms with van der Waals surface area (Å²) in [6.07, 6.45) is 0.967. The van der Waals surface area contributed by atoms with Crippen LogP contribution >= 0.6 is 24.8 Å². The summed E-state index contributed by atoms with van der Waals surface area (Å²) in [5.41, 5.74) is 2.19. The van der Waals surface area contributed by atoms with E-state index in [1.54, 1.807) is 0 Å². The number of halogens is 2. The van der Waals surface area contributed by atoms with E-state index in [1.165, 1.54) is 0 Å². The molecule has 1 aromatic carbocycles. The first kappa shape index (κ1) is 12.3. The van der Waals surface area contributed by atoms with Gasteiger partial charge >= 0.3 is 0 Å². The van der Waals surface area contributed by atoms with Crippen LogP contribution in [0, 0.1) is 0 Å². The van der Waals surface area contributed by atoms with Crippen molar-refractivity contribution in [1.82, 2.24) is 9.97 Å². The Bertz CT molecular complexity index is 337. The summed E-state index contributed by atoms with van der Waals surface area (Å²) in [7, 11) is 0. The van der Waals surface area contributed by atoms with Gasteiger partial charge in [0.15, 0.2) is 0 Å². The molecule has 0 bridgehead atoms. The number of para-hydroxylation sites is 2. The highest BCUT2D eigenvalue weighted by molar-refractivity contribution is 5.85. The summed E-state index contributed by atoms with van der Waals surface area (Å²) in [6.45, 7) is 2.09. The maximum atomic E-state index is 4.38. The van der Waals surface area contributed by atoms with E-state index in [9.17, 15) is 0 Å². The maximum absolute atomic E-state index is 4.38. The number of nitrogens with zero attached hydrogens (tertiary/aromatic N) is 1. The lowest BCUT2D eigenvalue weighted by Gasteiger charge is -1.82. The van der Waals surface area contributed by atoms with E-state index in [0.717, 1.165) is 23.3 Å². The molecule has 0 aliphatic heterocycles. The zero-order valence-corrected chi connectivity index (χ0v) is 8.91. The van der Waals surface area contributed by atoms with E-state index in [1.807, 2.05) is 24.3 Å². The molecule has 0 saturated carbocycles. The SMILES string of the molecule is CCc1nc2ccccc2[nH]1.Cl.Cl.